The molecule has 2 atom stereocenters. The van der Waals surface area contributed by atoms with Crippen LogP contribution in [0.4, 0.5) is 0 Å². The fourth-order valence-corrected chi connectivity index (χ4v) is 5.85. The zero-order valence-electron chi connectivity index (χ0n) is 21.0. The molecule has 1 aromatic carbocycles. The van der Waals surface area contributed by atoms with Gasteiger partial charge in [-0.1, -0.05) is 37.5 Å². The van der Waals surface area contributed by atoms with Gasteiger partial charge in [-0.25, -0.2) is 4.79 Å². The van der Waals surface area contributed by atoms with Gasteiger partial charge in [0.25, 0.3) is 0 Å². The van der Waals surface area contributed by atoms with E-state index in [4.69, 9.17) is 4.74 Å². The number of ketones is 1. The van der Waals surface area contributed by atoms with Gasteiger partial charge in [0.2, 0.25) is 5.91 Å². The SMILES string of the molecule is COC(=O)c1ccc([C@H](C(=O)Cc2cccs2)[C@H](C(=O)NC2CCCCC2)c2cn(C)nc2C)cc1. The largest absolute Gasteiger partial charge is 0.465 e. The molecule has 2 aromatic heterocycles. The molecule has 1 N–H and O–H groups in total. The van der Waals surface area contributed by atoms with Crippen LogP contribution in [0.5, 0.6) is 0 Å². The second kappa shape index (κ2) is 11.6. The number of methoxy groups -OCH3 is 1. The van der Waals surface area contributed by atoms with Crippen molar-refractivity contribution in [3.05, 3.63) is 75.2 Å². The van der Waals surface area contributed by atoms with Crippen LogP contribution in [0, 0.1) is 6.92 Å². The molecule has 0 spiro atoms. The highest BCUT2D eigenvalue weighted by Crippen LogP contribution is 2.37. The lowest BCUT2D eigenvalue weighted by Crippen LogP contribution is -2.42. The summed E-state index contributed by atoms with van der Waals surface area (Å²) in [7, 11) is 3.15. The van der Waals surface area contributed by atoms with E-state index in [-0.39, 0.29) is 24.2 Å². The van der Waals surface area contributed by atoms with Gasteiger partial charge >= 0.3 is 5.97 Å². The first kappa shape index (κ1) is 25.8. The molecular weight excluding hydrogens is 474 g/mol. The van der Waals surface area contributed by atoms with Gasteiger partial charge in [-0.05, 0) is 48.9 Å². The van der Waals surface area contributed by atoms with E-state index in [1.54, 1.807) is 28.9 Å². The number of nitrogens with one attached hydrogen (secondary N) is 1. The second-order valence-electron chi connectivity index (χ2n) is 9.48. The average Bonchev–Trinajstić information content (AvgIpc) is 3.51. The van der Waals surface area contributed by atoms with E-state index in [2.05, 4.69) is 10.4 Å². The molecule has 4 rings (SSSR count). The summed E-state index contributed by atoms with van der Waals surface area (Å²) in [5.41, 5.74) is 2.55. The number of amides is 1. The van der Waals surface area contributed by atoms with Crippen molar-refractivity contribution >= 4 is 29.0 Å². The number of Topliss-reactive ketones (excluding diaryl/α,β-unsaturated/α-hetero) is 1. The van der Waals surface area contributed by atoms with E-state index in [9.17, 15) is 14.4 Å². The number of benzene rings is 1. The highest BCUT2D eigenvalue weighted by Gasteiger charge is 2.39. The number of nitrogens with zero attached hydrogens (tertiary/aromatic N) is 2. The van der Waals surface area contributed by atoms with Crippen LogP contribution in [0.15, 0.2) is 48.0 Å². The van der Waals surface area contributed by atoms with Crippen molar-refractivity contribution in [1.82, 2.24) is 15.1 Å². The Morgan fingerprint density at radius 1 is 1.11 bits per heavy atom. The molecule has 1 saturated carbocycles. The number of thiophene rings is 1. The van der Waals surface area contributed by atoms with Gasteiger partial charge in [-0.3, -0.25) is 14.3 Å². The Balaban J connectivity index is 1.76. The molecule has 1 amide bonds. The first-order valence-corrected chi connectivity index (χ1v) is 13.3. The molecular formula is C28H33N3O4S. The van der Waals surface area contributed by atoms with Crippen molar-refractivity contribution in [2.45, 2.75) is 63.3 Å². The monoisotopic (exact) mass is 507 g/mol. The van der Waals surface area contributed by atoms with Gasteiger partial charge in [-0.2, -0.15) is 5.10 Å². The molecule has 7 nitrogen and oxygen atoms in total. The number of hydrogen-bond acceptors (Lipinski definition) is 6. The van der Waals surface area contributed by atoms with E-state index >= 15 is 0 Å². The zero-order chi connectivity index (χ0) is 25.7. The van der Waals surface area contributed by atoms with Crippen LogP contribution in [-0.2, 0) is 27.8 Å². The fourth-order valence-electron chi connectivity index (χ4n) is 5.14. The van der Waals surface area contributed by atoms with E-state index in [0.29, 0.717) is 11.1 Å². The molecule has 8 heteroatoms. The van der Waals surface area contributed by atoms with Crippen LogP contribution in [0.1, 0.15) is 76.0 Å². The Morgan fingerprint density at radius 2 is 1.83 bits per heavy atom. The number of carbonyl (C=O) groups is 3. The van der Waals surface area contributed by atoms with Crippen molar-refractivity contribution < 1.29 is 19.1 Å². The van der Waals surface area contributed by atoms with Gasteiger partial charge in [-0.15, -0.1) is 11.3 Å². The number of aromatic nitrogens is 2. The van der Waals surface area contributed by atoms with Crippen molar-refractivity contribution in [2.24, 2.45) is 7.05 Å². The summed E-state index contributed by atoms with van der Waals surface area (Å²) in [4.78, 5) is 40.8. The Morgan fingerprint density at radius 3 is 2.42 bits per heavy atom. The van der Waals surface area contributed by atoms with Crippen molar-refractivity contribution in [3.63, 3.8) is 0 Å². The summed E-state index contributed by atoms with van der Waals surface area (Å²) < 4.78 is 6.52. The molecule has 0 saturated heterocycles. The van der Waals surface area contributed by atoms with Crippen LogP contribution in [0.2, 0.25) is 0 Å². The van der Waals surface area contributed by atoms with Crippen LogP contribution in [0.3, 0.4) is 0 Å². The van der Waals surface area contributed by atoms with Gasteiger partial charge in [0.05, 0.1) is 30.2 Å². The summed E-state index contributed by atoms with van der Waals surface area (Å²) in [6.45, 7) is 1.87. The summed E-state index contributed by atoms with van der Waals surface area (Å²) in [5, 5.41) is 9.69. The van der Waals surface area contributed by atoms with E-state index in [0.717, 1.165) is 41.8 Å². The van der Waals surface area contributed by atoms with E-state index in [1.165, 1.54) is 24.9 Å². The molecule has 1 aliphatic carbocycles. The molecule has 1 fully saturated rings. The number of ether oxygens (including phenoxy) is 1. The Bertz CT molecular complexity index is 1190. The summed E-state index contributed by atoms with van der Waals surface area (Å²) in [6.07, 6.45) is 7.35. The maximum absolute atomic E-state index is 13.9. The lowest BCUT2D eigenvalue weighted by molar-refractivity contribution is -0.128. The summed E-state index contributed by atoms with van der Waals surface area (Å²) in [6, 6.07) is 10.8. The normalized spacial score (nSPS) is 15.8. The average molecular weight is 508 g/mol. The predicted octanol–water partition coefficient (Wildman–Crippen LogP) is 4.70. The first-order chi connectivity index (χ1) is 17.4. The van der Waals surface area contributed by atoms with Crippen molar-refractivity contribution in [2.75, 3.05) is 7.11 Å². The second-order valence-corrected chi connectivity index (χ2v) is 10.5. The van der Waals surface area contributed by atoms with Crippen molar-refractivity contribution in [3.8, 4) is 0 Å². The Kier molecular flexibility index (Phi) is 8.36. The summed E-state index contributed by atoms with van der Waals surface area (Å²) in [5.74, 6) is -2.12. The van der Waals surface area contributed by atoms with Gasteiger partial charge < -0.3 is 10.1 Å². The number of esters is 1. The zero-order valence-corrected chi connectivity index (χ0v) is 21.8. The molecule has 3 aromatic rings. The third-order valence-electron chi connectivity index (χ3n) is 6.92. The molecule has 190 valence electrons. The number of rotatable bonds is 9. The minimum atomic E-state index is -0.739. The van der Waals surface area contributed by atoms with Gasteiger partial charge in [0, 0.05) is 36.1 Å². The number of aryl methyl sites for hydroxylation is 2. The minimum Gasteiger partial charge on any atom is -0.465 e. The standard InChI is InChI=1S/C28H33N3O4S/c1-18-23(17-31(2)30-18)26(27(33)29-21-8-5-4-6-9-21)25(24(32)16-22-10-7-15-36-22)19-11-13-20(14-12-19)28(34)35-3/h7,10-15,17,21,25-26H,4-6,8-9,16H2,1-3H3,(H,29,33)/t25-,26-/m1/s1. The molecule has 36 heavy (non-hydrogen) atoms. The third kappa shape index (κ3) is 5.93. The Hall–Kier alpha value is -3.26. The van der Waals surface area contributed by atoms with Gasteiger partial charge in [0.15, 0.2) is 0 Å². The van der Waals surface area contributed by atoms with Crippen LogP contribution < -0.4 is 5.32 Å². The molecule has 2 heterocycles. The van der Waals surface area contributed by atoms with Crippen molar-refractivity contribution in [1.29, 1.82) is 0 Å². The molecule has 0 radical (unpaired) electrons. The first-order valence-electron chi connectivity index (χ1n) is 12.4. The smallest absolute Gasteiger partial charge is 0.337 e. The van der Waals surface area contributed by atoms with E-state index in [1.807, 2.05) is 37.7 Å². The number of carbonyl (C=O) groups excluding carboxylic acids is 3. The highest BCUT2D eigenvalue weighted by atomic mass is 32.1. The predicted molar refractivity (Wildman–Crippen MR) is 139 cm³/mol. The van der Waals surface area contributed by atoms with E-state index < -0.39 is 17.8 Å². The Labute approximate surface area is 215 Å². The third-order valence-corrected chi connectivity index (χ3v) is 7.80. The topological polar surface area (TPSA) is 90.3 Å². The van der Waals surface area contributed by atoms with Crippen LogP contribution in [-0.4, -0.2) is 40.6 Å². The minimum absolute atomic E-state index is 0.0460. The maximum Gasteiger partial charge on any atom is 0.337 e. The quantitative estimate of drug-likeness (QED) is 0.424. The number of hydrogen-bond donors (Lipinski definition) is 1. The molecule has 0 bridgehead atoms. The molecule has 1 aliphatic rings. The highest BCUT2D eigenvalue weighted by molar-refractivity contribution is 7.10. The molecule has 0 unspecified atom stereocenters. The fraction of sp³-hybridized carbons (Fsp3) is 0.429. The lowest BCUT2D eigenvalue weighted by Gasteiger charge is -2.29. The molecule has 0 aliphatic heterocycles. The summed E-state index contributed by atoms with van der Waals surface area (Å²) >= 11 is 1.53. The van der Waals surface area contributed by atoms with Crippen LogP contribution in [0.25, 0.3) is 0 Å². The lowest BCUT2D eigenvalue weighted by atomic mass is 9.77. The maximum atomic E-state index is 13.9. The van der Waals surface area contributed by atoms with Crippen LogP contribution >= 0.6 is 11.3 Å². The van der Waals surface area contributed by atoms with Gasteiger partial charge in [0.1, 0.15) is 5.78 Å².